The van der Waals surface area contributed by atoms with Crippen molar-refractivity contribution in [2.45, 2.75) is 56.7 Å². The number of nitrogens with zero attached hydrogens (tertiary/aromatic N) is 3. The molecule has 2 aromatic rings. The topological polar surface area (TPSA) is 117 Å². The van der Waals surface area contributed by atoms with Crippen LogP contribution in [-0.2, 0) is 22.4 Å². The van der Waals surface area contributed by atoms with Crippen LogP contribution >= 0.6 is 11.8 Å². The molecule has 0 radical (unpaired) electrons. The van der Waals surface area contributed by atoms with Gasteiger partial charge in [-0.25, -0.2) is 9.88 Å². The van der Waals surface area contributed by atoms with Crippen molar-refractivity contribution < 1.29 is 14.4 Å². The normalized spacial score (nSPS) is 20.5. The molecule has 33 heavy (non-hydrogen) atoms. The van der Waals surface area contributed by atoms with E-state index >= 15 is 0 Å². The molecular formula is C25H26N4O3S. The summed E-state index contributed by atoms with van der Waals surface area (Å²) in [5.74, 6) is -0.729. The number of nitrogens with two attached hydrogens (primary N) is 1. The molecule has 0 spiro atoms. The molecule has 8 heteroatoms. The van der Waals surface area contributed by atoms with Crippen LogP contribution in [0.5, 0.6) is 0 Å². The van der Waals surface area contributed by atoms with E-state index in [9.17, 15) is 19.6 Å². The molecule has 1 fully saturated rings. The van der Waals surface area contributed by atoms with E-state index in [0.717, 1.165) is 35.4 Å². The predicted octanol–water partition coefficient (Wildman–Crippen LogP) is 3.63. The van der Waals surface area contributed by atoms with Gasteiger partial charge in [-0.15, -0.1) is 0 Å². The van der Waals surface area contributed by atoms with Crippen LogP contribution in [0.15, 0.2) is 35.4 Å². The van der Waals surface area contributed by atoms with Gasteiger partial charge in [-0.1, -0.05) is 32.5 Å². The highest BCUT2D eigenvalue weighted by molar-refractivity contribution is 8.00. The van der Waals surface area contributed by atoms with E-state index in [1.54, 1.807) is 0 Å². The SMILES string of the molecule is CC(C)(C)C1CCc2nc(SC3CC(=O)N(c4ccc(C(N)=O)cc4)C3=O)c(C#N)cc2C1. The molecule has 0 bridgehead atoms. The average molecular weight is 463 g/mol. The first kappa shape index (κ1) is 23.0. The minimum atomic E-state index is -0.656. The molecule has 2 atom stereocenters. The number of hydrogen-bond acceptors (Lipinski definition) is 6. The second-order valence-electron chi connectivity index (χ2n) is 9.65. The number of rotatable bonds is 4. The van der Waals surface area contributed by atoms with Gasteiger partial charge in [-0.3, -0.25) is 14.4 Å². The maximum Gasteiger partial charge on any atom is 0.248 e. The molecule has 0 saturated carbocycles. The van der Waals surface area contributed by atoms with Gasteiger partial charge in [0.25, 0.3) is 0 Å². The first-order valence-corrected chi connectivity index (χ1v) is 11.8. The van der Waals surface area contributed by atoms with Crippen LogP contribution < -0.4 is 10.6 Å². The molecule has 2 aliphatic rings. The van der Waals surface area contributed by atoms with Gasteiger partial charge >= 0.3 is 0 Å². The lowest BCUT2D eigenvalue weighted by atomic mass is 9.71. The first-order chi connectivity index (χ1) is 15.6. The van der Waals surface area contributed by atoms with Crippen molar-refractivity contribution in [3.8, 4) is 6.07 Å². The molecular weight excluding hydrogens is 436 g/mol. The number of anilines is 1. The molecule has 2 heterocycles. The van der Waals surface area contributed by atoms with Crippen molar-refractivity contribution in [1.82, 2.24) is 4.98 Å². The van der Waals surface area contributed by atoms with Gasteiger partial charge in [0.05, 0.1) is 16.5 Å². The van der Waals surface area contributed by atoms with Crippen LogP contribution in [0.25, 0.3) is 0 Å². The smallest absolute Gasteiger partial charge is 0.248 e. The number of thioether (sulfide) groups is 1. The van der Waals surface area contributed by atoms with E-state index in [2.05, 4.69) is 26.8 Å². The van der Waals surface area contributed by atoms with Crippen molar-refractivity contribution in [3.05, 3.63) is 52.7 Å². The number of amides is 3. The van der Waals surface area contributed by atoms with Gasteiger partial charge in [-0.2, -0.15) is 5.26 Å². The van der Waals surface area contributed by atoms with Gasteiger partial charge in [0.15, 0.2) is 0 Å². The highest BCUT2D eigenvalue weighted by atomic mass is 32.2. The second kappa shape index (κ2) is 8.64. The zero-order valence-electron chi connectivity index (χ0n) is 18.9. The van der Waals surface area contributed by atoms with Crippen LogP contribution in [0.1, 0.15) is 60.8 Å². The second-order valence-corrected chi connectivity index (χ2v) is 10.8. The Morgan fingerprint density at radius 1 is 1.21 bits per heavy atom. The van der Waals surface area contributed by atoms with Gasteiger partial charge in [0, 0.05) is 17.7 Å². The Hall–Kier alpha value is -3.18. The summed E-state index contributed by atoms with van der Waals surface area (Å²) in [5, 5.41) is 9.58. The Morgan fingerprint density at radius 3 is 2.52 bits per heavy atom. The van der Waals surface area contributed by atoms with Gasteiger partial charge in [-0.05, 0) is 66.5 Å². The molecule has 170 valence electrons. The lowest BCUT2D eigenvalue weighted by Crippen LogP contribution is -2.31. The van der Waals surface area contributed by atoms with Gasteiger partial charge < -0.3 is 5.73 Å². The number of aromatic nitrogens is 1. The summed E-state index contributed by atoms with van der Waals surface area (Å²) in [6.07, 6.45) is 2.79. The number of pyridine rings is 1. The number of fused-ring (bicyclic) bond motifs is 1. The van der Waals surface area contributed by atoms with E-state index in [1.807, 2.05) is 6.07 Å². The number of carbonyl (C=O) groups is 3. The van der Waals surface area contributed by atoms with E-state index in [4.69, 9.17) is 10.7 Å². The van der Waals surface area contributed by atoms with Gasteiger partial charge in [0.2, 0.25) is 17.7 Å². The third-order valence-corrected chi connectivity index (χ3v) is 7.65. The molecule has 1 aromatic carbocycles. The maximum absolute atomic E-state index is 13.1. The Labute approximate surface area is 197 Å². The maximum atomic E-state index is 13.1. The number of imide groups is 1. The molecule has 1 aromatic heterocycles. The van der Waals surface area contributed by atoms with Crippen LogP contribution in [0.2, 0.25) is 0 Å². The third kappa shape index (κ3) is 4.51. The summed E-state index contributed by atoms with van der Waals surface area (Å²) in [5.41, 5.74) is 8.67. The minimum Gasteiger partial charge on any atom is -0.366 e. The molecule has 4 rings (SSSR count). The Morgan fingerprint density at radius 2 is 1.91 bits per heavy atom. The van der Waals surface area contributed by atoms with Crippen molar-refractivity contribution in [3.63, 3.8) is 0 Å². The first-order valence-electron chi connectivity index (χ1n) is 10.9. The number of primary amides is 1. The summed E-state index contributed by atoms with van der Waals surface area (Å²) in [6.45, 7) is 6.71. The van der Waals surface area contributed by atoms with Crippen LogP contribution in [0.3, 0.4) is 0 Å². The summed E-state index contributed by atoms with van der Waals surface area (Å²) in [4.78, 5) is 42.9. The fourth-order valence-electron chi connectivity index (χ4n) is 4.43. The molecule has 1 saturated heterocycles. The standard InChI is InChI=1S/C25H26N4O3S/c1-25(2,3)17-6-9-19-15(11-17)10-16(13-26)23(28-19)33-20-12-21(30)29(24(20)32)18-7-4-14(5-8-18)22(27)31/h4-5,7-8,10,17,20H,6,9,11-12H2,1-3H3,(H2,27,31). The number of nitriles is 1. The van der Waals surface area contributed by atoms with E-state index in [1.165, 1.54) is 36.0 Å². The molecule has 2 unspecified atom stereocenters. The number of carbonyl (C=O) groups excluding carboxylic acids is 3. The molecule has 2 N–H and O–H groups in total. The average Bonchev–Trinajstić information content (AvgIpc) is 3.05. The Balaban J connectivity index is 1.56. The summed E-state index contributed by atoms with van der Waals surface area (Å²) in [6, 6.07) is 10.2. The summed E-state index contributed by atoms with van der Waals surface area (Å²) >= 11 is 1.18. The van der Waals surface area contributed by atoms with Crippen molar-refractivity contribution in [2.24, 2.45) is 17.1 Å². The minimum absolute atomic E-state index is 0.0246. The Kier molecular flexibility index (Phi) is 6.02. The number of aryl methyl sites for hydroxylation is 1. The fourth-order valence-corrected chi connectivity index (χ4v) is 5.53. The summed E-state index contributed by atoms with van der Waals surface area (Å²) in [7, 11) is 0. The van der Waals surface area contributed by atoms with Crippen molar-refractivity contribution in [2.75, 3.05) is 4.90 Å². The highest BCUT2D eigenvalue weighted by Crippen LogP contribution is 2.40. The van der Waals surface area contributed by atoms with E-state index < -0.39 is 11.2 Å². The zero-order chi connectivity index (χ0) is 23.9. The molecule has 1 aliphatic carbocycles. The van der Waals surface area contributed by atoms with Crippen LogP contribution in [-0.4, -0.2) is 28.0 Å². The lowest BCUT2D eigenvalue weighted by Gasteiger charge is -2.34. The zero-order valence-corrected chi connectivity index (χ0v) is 19.7. The lowest BCUT2D eigenvalue weighted by molar-refractivity contribution is -0.121. The largest absolute Gasteiger partial charge is 0.366 e. The Bertz CT molecular complexity index is 1180. The number of hydrogen-bond donors (Lipinski definition) is 1. The van der Waals surface area contributed by atoms with Crippen LogP contribution in [0.4, 0.5) is 5.69 Å². The fraction of sp³-hybridized carbons (Fsp3) is 0.400. The van der Waals surface area contributed by atoms with Crippen LogP contribution in [0, 0.1) is 22.7 Å². The summed E-state index contributed by atoms with van der Waals surface area (Å²) < 4.78 is 0. The van der Waals surface area contributed by atoms with Gasteiger partial charge in [0.1, 0.15) is 11.1 Å². The predicted molar refractivity (Wildman–Crippen MR) is 126 cm³/mol. The molecule has 3 amide bonds. The van der Waals surface area contributed by atoms with E-state index in [-0.39, 0.29) is 23.7 Å². The number of benzene rings is 1. The van der Waals surface area contributed by atoms with Crippen molar-refractivity contribution >= 4 is 35.2 Å². The quantitative estimate of drug-likeness (QED) is 0.694. The van der Waals surface area contributed by atoms with Crippen molar-refractivity contribution in [1.29, 1.82) is 5.26 Å². The highest BCUT2D eigenvalue weighted by Gasteiger charge is 2.41. The molecule has 1 aliphatic heterocycles. The van der Waals surface area contributed by atoms with E-state index in [0.29, 0.717) is 27.8 Å². The third-order valence-electron chi connectivity index (χ3n) is 6.47. The molecule has 7 nitrogen and oxygen atoms in total. The monoisotopic (exact) mass is 462 g/mol.